The number of primary amides is 1. The van der Waals surface area contributed by atoms with E-state index >= 15 is 0 Å². The number of aromatic amines is 1. The second-order valence-electron chi connectivity index (χ2n) is 3.95. The van der Waals surface area contributed by atoms with Gasteiger partial charge in [0.05, 0.1) is 6.20 Å². The summed E-state index contributed by atoms with van der Waals surface area (Å²) in [6, 6.07) is 1.72. The van der Waals surface area contributed by atoms with Gasteiger partial charge in [0, 0.05) is 0 Å². The summed E-state index contributed by atoms with van der Waals surface area (Å²) in [4.78, 5) is 10.3. The van der Waals surface area contributed by atoms with E-state index < -0.39 is 6.09 Å². The summed E-state index contributed by atoms with van der Waals surface area (Å²) >= 11 is 0. The highest BCUT2D eigenvalue weighted by atomic mass is 16.6. The van der Waals surface area contributed by atoms with Crippen molar-refractivity contribution in [1.82, 2.24) is 25.8 Å². The van der Waals surface area contributed by atoms with E-state index in [1.807, 2.05) is 0 Å². The smallest absolute Gasteiger partial charge is 0.404 e. The van der Waals surface area contributed by atoms with Crippen molar-refractivity contribution >= 4 is 6.09 Å². The second kappa shape index (κ2) is 10.5. The average Bonchev–Trinajstić information content (AvgIpc) is 3.18. The number of hydrogen-bond acceptors (Lipinski definition) is 7. The van der Waals surface area contributed by atoms with Crippen LogP contribution in [0.1, 0.15) is 32.1 Å². The number of rotatable bonds is 1. The Hall–Kier alpha value is -2.45. The van der Waals surface area contributed by atoms with E-state index in [1.54, 1.807) is 12.3 Å². The van der Waals surface area contributed by atoms with Crippen LogP contribution < -0.4 is 5.73 Å². The Morgan fingerprint density at radius 2 is 2.15 bits per heavy atom. The summed E-state index contributed by atoms with van der Waals surface area (Å²) in [5.41, 5.74) is 4.86. The Labute approximate surface area is 115 Å². The van der Waals surface area contributed by atoms with Gasteiger partial charge < -0.3 is 15.0 Å². The zero-order valence-corrected chi connectivity index (χ0v) is 11.0. The minimum atomic E-state index is -0.632. The van der Waals surface area contributed by atoms with Gasteiger partial charge in [0.1, 0.15) is 18.7 Å². The van der Waals surface area contributed by atoms with Crippen LogP contribution in [0.25, 0.3) is 0 Å². The number of nitrogens with two attached hydrogens (primary N) is 1. The van der Waals surface area contributed by atoms with Gasteiger partial charge in [0.2, 0.25) is 0 Å². The Bertz CT molecular complexity index is 353. The number of nitrogens with zero attached hydrogens (tertiary/aromatic N) is 4. The molecule has 0 spiro atoms. The van der Waals surface area contributed by atoms with Crippen molar-refractivity contribution in [2.75, 3.05) is 0 Å². The normalized spacial score (nSPS) is 14.2. The Balaban J connectivity index is 0.000000167. The molecule has 0 aromatic carbocycles. The van der Waals surface area contributed by atoms with Crippen LogP contribution in [0.15, 0.2) is 29.4 Å². The molecule has 1 amide bonds. The molecule has 2 aromatic heterocycles. The van der Waals surface area contributed by atoms with E-state index in [0.717, 1.165) is 25.7 Å². The molecule has 0 bridgehead atoms. The van der Waals surface area contributed by atoms with Crippen LogP contribution in [0, 0.1) is 0 Å². The van der Waals surface area contributed by atoms with E-state index in [-0.39, 0.29) is 6.10 Å². The number of tetrazole rings is 1. The van der Waals surface area contributed by atoms with E-state index in [4.69, 9.17) is 10.5 Å². The van der Waals surface area contributed by atoms with Crippen LogP contribution in [0.3, 0.4) is 0 Å². The topological polar surface area (TPSA) is 133 Å². The van der Waals surface area contributed by atoms with E-state index in [2.05, 4.69) is 30.3 Å². The van der Waals surface area contributed by atoms with Gasteiger partial charge in [-0.15, -0.1) is 5.10 Å². The zero-order valence-electron chi connectivity index (χ0n) is 11.0. The summed E-state index contributed by atoms with van der Waals surface area (Å²) in [5, 5.41) is 15.4. The highest BCUT2D eigenvalue weighted by Gasteiger charge is 2.15. The summed E-state index contributed by atoms with van der Waals surface area (Å²) in [6.07, 6.45) is 9.54. The predicted octanol–water partition coefficient (Wildman–Crippen LogP) is 1.29. The number of amides is 1. The zero-order chi connectivity index (χ0) is 14.5. The number of nitrogens with one attached hydrogen (secondary N) is 1. The minimum Gasteiger partial charge on any atom is -0.446 e. The van der Waals surface area contributed by atoms with Gasteiger partial charge >= 0.3 is 6.09 Å². The minimum absolute atomic E-state index is 0.103. The van der Waals surface area contributed by atoms with Crippen molar-refractivity contribution in [2.24, 2.45) is 5.73 Å². The molecule has 1 aliphatic carbocycles. The molecule has 9 heteroatoms. The molecule has 0 radical (unpaired) electrons. The Morgan fingerprint density at radius 1 is 1.35 bits per heavy atom. The highest BCUT2D eigenvalue weighted by Crippen LogP contribution is 2.19. The molecular formula is C11H18N6O3. The third-order valence-corrected chi connectivity index (χ3v) is 2.45. The molecule has 2 heterocycles. The molecule has 0 atom stereocenters. The number of aromatic nitrogens is 5. The molecular weight excluding hydrogens is 264 g/mol. The summed E-state index contributed by atoms with van der Waals surface area (Å²) in [6.45, 7) is 0. The van der Waals surface area contributed by atoms with Crippen molar-refractivity contribution in [3.8, 4) is 0 Å². The number of ether oxygens (including phenoxy) is 1. The molecule has 9 nitrogen and oxygen atoms in total. The molecule has 1 fully saturated rings. The largest absolute Gasteiger partial charge is 0.446 e. The highest BCUT2D eigenvalue weighted by molar-refractivity contribution is 5.64. The van der Waals surface area contributed by atoms with Crippen LogP contribution in [0.5, 0.6) is 0 Å². The summed E-state index contributed by atoms with van der Waals surface area (Å²) in [5.74, 6) is 0. The van der Waals surface area contributed by atoms with Crippen LogP contribution in [0.4, 0.5) is 4.79 Å². The third kappa shape index (κ3) is 8.61. The molecule has 2 aromatic rings. The SMILES string of the molecule is NC(=O)OC1CCCCC1.c1cnoc1.c1nnn[nH]1. The average molecular weight is 282 g/mol. The standard InChI is InChI=1S/C7H13NO2.C3H3NO.CH2N4/c8-7(9)10-6-4-2-1-3-5-6;2*1-2-4-5-3-1/h6H,1-5H2,(H2,8,9);1-3H;1H,(H,2,3,4,5). The second-order valence-corrected chi connectivity index (χ2v) is 3.95. The van der Waals surface area contributed by atoms with Crippen LogP contribution >= 0.6 is 0 Å². The lowest BCUT2D eigenvalue weighted by molar-refractivity contribution is 0.0829. The van der Waals surface area contributed by atoms with Crippen molar-refractivity contribution in [3.05, 3.63) is 24.9 Å². The lowest BCUT2D eigenvalue weighted by Gasteiger charge is -2.20. The Kier molecular flexibility index (Phi) is 8.17. The van der Waals surface area contributed by atoms with Crippen LogP contribution in [-0.4, -0.2) is 38.0 Å². The molecule has 1 saturated carbocycles. The quantitative estimate of drug-likeness (QED) is 0.804. The van der Waals surface area contributed by atoms with Gasteiger partial charge in [-0.1, -0.05) is 11.6 Å². The number of carbonyl (C=O) groups excluding carboxylic acids is 1. The fourth-order valence-corrected chi connectivity index (χ4v) is 1.65. The lowest BCUT2D eigenvalue weighted by Crippen LogP contribution is -2.24. The van der Waals surface area contributed by atoms with Crippen LogP contribution in [-0.2, 0) is 4.74 Å². The first-order chi connectivity index (χ1) is 9.79. The van der Waals surface area contributed by atoms with Gasteiger partial charge in [0.25, 0.3) is 0 Å². The molecule has 1 aliphatic rings. The van der Waals surface area contributed by atoms with E-state index in [0.29, 0.717) is 0 Å². The predicted molar refractivity (Wildman–Crippen MR) is 68.2 cm³/mol. The number of H-pyrrole nitrogens is 1. The summed E-state index contributed by atoms with van der Waals surface area (Å²) < 4.78 is 9.16. The van der Waals surface area contributed by atoms with E-state index in [1.165, 1.54) is 19.0 Å². The first-order valence-corrected chi connectivity index (χ1v) is 6.26. The first kappa shape index (κ1) is 15.6. The fourth-order valence-electron chi connectivity index (χ4n) is 1.65. The maximum absolute atomic E-state index is 10.3. The molecule has 0 saturated heterocycles. The monoisotopic (exact) mass is 282 g/mol. The van der Waals surface area contributed by atoms with Crippen molar-refractivity contribution in [3.63, 3.8) is 0 Å². The van der Waals surface area contributed by atoms with Crippen molar-refractivity contribution in [1.29, 1.82) is 0 Å². The maximum atomic E-state index is 10.3. The third-order valence-electron chi connectivity index (χ3n) is 2.45. The molecule has 110 valence electrons. The van der Waals surface area contributed by atoms with Gasteiger partial charge in [-0.2, -0.15) is 0 Å². The van der Waals surface area contributed by atoms with Crippen molar-refractivity contribution < 1.29 is 14.1 Å². The number of hydrogen-bond donors (Lipinski definition) is 2. The van der Waals surface area contributed by atoms with Gasteiger partial charge in [0.15, 0.2) is 0 Å². The number of carbonyl (C=O) groups is 1. The van der Waals surface area contributed by atoms with Gasteiger partial charge in [-0.05, 0) is 42.2 Å². The molecule has 0 aliphatic heterocycles. The summed E-state index contributed by atoms with van der Waals surface area (Å²) in [7, 11) is 0. The molecule has 20 heavy (non-hydrogen) atoms. The fraction of sp³-hybridized carbons (Fsp3) is 0.545. The molecule has 0 unspecified atom stereocenters. The van der Waals surface area contributed by atoms with Gasteiger partial charge in [-0.3, -0.25) is 0 Å². The van der Waals surface area contributed by atoms with Crippen LogP contribution in [0.2, 0.25) is 0 Å². The maximum Gasteiger partial charge on any atom is 0.404 e. The molecule has 3 N–H and O–H groups in total. The van der Waals surface area contributed by atoms with E-state index in [9.17, 15) is 4.79 Å². The molecule has 3 rings (SSSR count). The lowest BCUT2D eigenvalue weighted by atomic mass is 9.98. The van der Waals surface area contributed by atoms with Crippen molar-refractivity contribution in [2.45, 2.75) is 38.2 Å². The van der Waals surface area contributed by atoms with Gasteiger partial charge in [-0.25, -0.2) is 9.89 Å². The Morgan fingerprint density at radius 3 is 2.50 bits per heavy atom. The first-order valence-electron chi connectivity index (χ1n) is 6.26.